The Kier molecular flexibility index (Phi) is 15.6. The molecule has 0 aliphatic heterocycles. The summed E-state index contributed by atoms with van der Waals surface area (Å²) in [6.45, 7) is 3.84. The van der Waals surface area contributed by atoms with E-state index in [0.717, 1.165) is 19.4 Å². The van der Waals surface area contributed by atoms with Crippen LogP contribution in [0.2, 0.25) is 0 Å². The monoisotopic (exact) mass is 352 g/mol. The standard InChI is InChI=1S/C17H38NO4P/c1-5-6-7-8-9-10-11-12-13-14-16-21-23(19,20-4)22-17-15-18(2)3/h5-17H2,1-4H3/p+1. The van der Waals surface area contributed by atoms with Crippen LogP contribution < -0.4 is 4.90 Å². The van der Waals surface area contributed by atoms with Gasteiger partial charge >= 0.3 is 7.82 Å². The first kappa shape index (κ1) is 23.1. The van der Waals surface area contributed by atoms with Crippen LogP contribution in [0.25, 0.3) is 0 Å². The molecule has 1 atom stereocenters. The van der Waals surface area contributed by atoms with E-state index in [1.807, 2.05) is 14.1 Å². The lowest BCUT2D eigenvalue weighted by Crippen LogP contribution is -3.06. The van der Waals surface area contributed by atoms with Crippen molar-refractivity contribution in [2.75, 3.05) is 41.0 Å². The molecule has 23 heavy (non-hydrogen) atoms. The number of unbranched alkanes of at least 4 members (excludes halogenated alkanes) is 9. The highest BCUT2D eigenvalue weighted by Crippen LogP contribution is 2.48. The van der Waals surface area contributed by atoms with Crippen LogP contribution in [0.3, 0.4) is 0 Å². The van der Waals surface area contributed by atoms with Crippen molar-refractivity contribution in [1.29, 1.82) is 0 Å². The third-order valence-corrected chi connectivity index (χ3v) is 5.27. The number of hydrogen-bond donors (Lipinski definition) is 1. The van der Waals surface area contributed by atoms with E-state index in [9.17, 15) is 4.57 Å². The maximum atomic E-state index is 12.1. The molecular weight excluding hydrogens is 313 g/mol. The summed E-state index contributed by atoms with van der Waals surface area (Å²) in [5.41, 5.74) is 0. The van der Waals surface area contributed by atoms with E-state index in [0.29, 0.717) is 13.2 Å². The molecular formula is C17H39NO4P+. The van der Waals surface area contributed by atoms with Crippen molar-refractivity contribution in [3.05, 3.63) is 0 Å². The molecule has 0 aromatic heterocycles. The number of phosphoric acid groups is 1. The highest BCUT2D eigenvalue weighted by Gasteiger charge is 2.24. The topological polar surface area (TPSA) is 49.2 Å². The van der Waals surface area contributed by atoms with E-state index in [1.165, 1.54) is 63.4 Å². The van der Waals surface area contributed by atoms with Crippen LogP contribution in [0.4, 0.5) is 0 Å². The Morgan fingerprint density at radius 3 is 1.74 bits per heavy atom. The minimum absolute atomic E-state index is 0.380. The highest BCUT2D eigenvalue weighted by atomic mass is 31.2. The zero-order chi connectivity index (χ0) is 17.4. The average molecular weight is 352 g/mol. The van der Waals surface area contributed by atoms with E-state index >= 15 is 0 Å². The van der Waals surface area contributed by atoms with Gasteiger partial charge in [0.15, 0.2) is 0 Å². The van der Waals surface area contributed by atoms with Gasteiger partial charge in [0.05, 0.1) is 20.7 Å². The Balaban J connectivity index is 3.48. The summed E-state index contributed by atoms with van der Waals surface area (Å²) in [7, 11) is 2.07. The largest absolute Gasteiger partial charge is 0.474 e. The molecule has 0 spiro atoms. The second kappa shape index (κ2) is 15.6. The number of quaternary nitrogens is 1. The van der Waals surface area contributed by atoms with Crippen molar-refractivity contribution in [2.24, 2.45) is 0 Å². The van der Waals surface area contributed by atoms with Crippen molar-refractivity contribution < 1.29 is 23.0 Å². The molecule has 0 aliphatic carbocycles. The van der Waals surface area contributed by atoms with Crippen LogP contribution in [0.15, 0.2) is 0 Å². The van der Waals surface area contributed by atoms with Gasteiger partial charge < -0.3 is 4.90 Å². The van der Waals surface area contributed by atoms with Crippen LogP contribution in [0.5, 0.6) is 0 Å². The number of phosphoric ester groups is 1. The van der Waals surface area contributed by atoms with Crippen molar-refractivity contribution in [3.63, 3.8) is 0 Å². The zero-order valence-corrected chi connectivity index (χ0v) is 16.7. The summed E-state index contributed by atoms with van der Waals surface area (Å²) in [4.78, 5) is 1.24. The van der Waals surface area contributed by atoms with Crippen LogP contribution >= 0.6 is 7.82 Å². The second-order valence-corrected chi connectivity index (χ2v) is 8.21. The summed E-state index contributed by atoms with van der Waals surface area (Å²) in [5, 5.41) is 0. The lowest BCUT2D eigenvalue weighted by atomic mass is 10.1. The predicted octanol–water partition coefficient (Wildman–Crippen LogP) is 3.84. The van der Waals surface area contributed by atoms with Gasteiger partial charge in [0.25, 0.3) is 0 Å². The molecule has 6 heteroatoms. The fourth-order valence-corrected chi connectivity index (χ4v) is 3.22. The molecule has 5 nitrogen and oxygen atoms in total. The SMILES string of the molecule is CCCCCCCCCCCCOP(=O)(OC)OCC[NH+](C)C. The summed E-state index contributed by atoms with van der Waals surface area (Å²) in [6.07, 6.45) is 12.7. The molecule has 0 radical (unpaired) electrons. The third kappa shape index (κ3) is 15.3. The molecule has 0 aliphatic rings. The summed E-state index contributed by atoms with van der Waals surface area (Å²) in [6, 6.07) is 0. The van der Waals surface area contributed by atoms with Gasteiger partial charge in [-0.25, -0.2) is 4.57 Å². The van der Waals surface area contributed by atoms with Gasteiger partial charge in [0, 0.05) is 7.11 Å². The number of hydrogen-bond acceptors (Lipinski definition) is 4. The van der Waals surface area contributed by atoms with E-state index in [2.05, 4.69) is 6.92 Å². The van der Waals surface area contributed by atoms with E-state index in [-0.39, 0.29) is 0 Å². The fraction of sp³-hybridized carbons (Fsp3) is 1.00. The molecule has 0 aromatic rings. The Hall–Kier alpha value is 0.0700. The van der Waals surface area contributed by atoms with Crippen LogP contribution in [0.1, 0.15) is 71.1 Å². The Bertz CT molecular complexity index is 300. The van der Waals surface area contributed by atoms with Gasteiger partial charge in [-0.1, -0.05) is 64.7 Å². The first-order chi connectivity index (χ1) is 11.0. The van der Waals surface area contributed by atoms with Crippen LogP contribution in [-0.2, 0) is 18.1 Å². The highest BCUT2D eigenvalue weighted by molar-refractivity contribution is 7.48. The maximum Gasteiger partial charge on any atom is 0.474 e. The van der Waals surface area contributed by atoms with Gasteiger partial charge in [0.1, 0.15) is 13.2 Å². The summed E-state index contributed by atoms with van der Waals surface area (Å²) in [5.74, 6) is 0. The minimum Gasteiger partial charge on any atom is -0.338 e. The van der Waals surface area contributed by atoms with Gasteiger partial charge in [-0.3, -0.25) is 13.6 Å². The number of nitrogens with one attached hydrogen (secondary N) is 1. The van der Waals surface area contributed by atoms with Crippen molar-refractivity contribution >= 4 is 7.82 Å². The fourth-order valence-electron chi connectivity index (χ4n) is 2.27. The van der Waals surface area contributed by atoms with E-state index < -0.39 is 7.82 Å². The quantitative estimate of drug-likeness (QED) is 0.319. The molecule has 0 saturated heterocycles. The molecule has 1 N–H and O–H groups in total. The van der Waals surface area contributed by atoms with Gasteiger partial charge in [-0.15, -0.1) is 0 Å². The maximum absolute atomic E-state index is 12.1. The molecule has 0 rings (SSSR count). The van der Waals surface area contributed by atoms with E-state index in [1.54, 1.807) is 0 Å². The third-order valence-electron chi connectivity index (χ3n) is 3.82. The number of likely N-dealkylation sites (N-methyl/N-ethyl adjacent to an activating group) is 1. The Labute approximate surface area is 143 Å². The summed E-state index contributed by atoms with van der Waals surface area (Å²) >= 11 is 0. The van der Waals surface area contributed by atoms with Gasteiger partial charge in [-0.2, -0.15) is 0 Å². The first-order valence-electron chi connectivity index (χ1n) is 9.28. The first-order valence-corrected chi connectivity index (χ1v) is 10.7. The zero-order valence-electron chi connectivity index (χ0n) is 15.8. The minimum atomic E-state index is -3.35. The lowest BCUT2D eigenvalue weighted by Gasteiger charge is -2.16. The smallest absolute Gasteiger partial charge is 0.338 e. The molecule has 0 amide bonds. The predicted molar refractivity (Wildman–Crippen MR) is 96.0 cm³/mol. The molecule has 0 heterocycles. The van der Waals surface area contributed by atoms with Gasteiger partial charge in [0.2, 0.25) is 0 Å². The number of rotatable bonds is 17. The normalized spacial score (nSPS) is 14.3. The van der Waals surface area contributed by atoms with Crippen molar-refractivity contribution in [1.82, 2.24) is 0 Å². The lowest BCUT2D eigenvalue weighted by molar-refractivity contribution is -0.858. The Morgan fingerprint density at radius 2 is 1.26 bits per heavy atom. The average Bonchev–Trinajstić information content (AvgIpc) is 2.52. The Morgan fingerprint density at radius 1 is 0.783 bits per heavy atom. The molecule has 0 aromatic carbocycles. The molecule has 0 bridgehead atoms. The van der Waals surface area contributed by atoms with Crippen molar-refractivity contribution in [3.8, 4) is 0 Å². The van der Waals surface area contributed by atoms with Crippen molar-refractivity contribution in [2.45, 2.75) is 71.1 Å². The van der Waals surface area contributed by atoms with Gasteiger partial charge in [-0.05, 0) is 6.42 Å². The molecule has 1 unspecified atom stereocenters. The molecule has 140 valence electrons. The van der Waals surface area contributed by atoms with Crippen LogP contribution in [-0.4, -0.2) is 41.0 Å². The summed E-state index contributed by atoms with van der Waals surface area (Å²) < 4.78 is 27.7. The molecule has 0 saturated carbocycles. The van der Waals surface area contributed by atoms with Crippen LogP contribution in [0, 0.1) is 0 Å². The molecule has 0 fully saturated rings. The van der Waals surface area contributed by atoms with E-state index in [4.69, 9.17) is 13.6 Å². The second-order valence-electron chi connectivity index (χ2n) is 6.44.